The van der Waals surface area contributed by atoms with Crippen molar-refractivity contribution in [1.82, 2.24) is 4.90 Å². The van der Waals surface area contributed by atoms with Gasteiger partial charge in [0.05, 0.1) is 25.4 Å². The van der Waals surface area contributed by atoms with Gasteiger partial charge in [-0.05, 0) is 76.3 Å². The Morgan fingerprint density at radius 2 is 1.25 bits per heavy atom. The molecule has 3 heteroatoms. The number of likely N-dealkylation sites (N-methyl/N-ethyl adjacent to an activating group) is 1. The van der Waals surface area contributed by atoms with Crippen LogP contribution in [0.3, 0.4) is 0 Å². The molecule has 0 aliphatic heterocycles. The predicted octanol–water partition coefficient (Wildman–Crippen LogP) is 9.28. The van der Waals surface area contributed by atoms with Gasteiger partial charge in [0.1, 0.15) is 0 Å². The quantitative estimate of drug-likeness (QED) is 0.109. The van der Waals surface area contributed by atoms with Gasteiger partial charge in [-0.3, -0.25) is 0 Å². The molecular weight excluding hydrogens is 442 g/mol. The molecule has 3 nitrogen and oxygen atoms in total. The van der Waals surface area contributed by atoms with Gasteiger partial charge >= 0.3 is 0 Å². The van der Waals surface area contributed by atoms with Crippen LogP contribution in [0.1, 0.15) is 143 Å². The Balaban J connectivity index is 1.44. The van der Waals surface area contributed by atoms with Gasteiger partial charge in [0, 0.05) is 6.61 Å². The lowest BCUT2D eigenvalue weighted by Crippen LogP contribution is -2.38. The van der Waals surface area contributed by atoms with E-state index in [0.29, 0.717) is 12.1 Å². The summed E-state index contributed by atoms with van der Waals surface area (Å²) >= 11 is 0. The molecule has 2 fully saturated rings. The van der Waals surface area contributed by atoms with Crippen molar-refractivity contribution in [3.8, 4) is 0 Å². The number of hydrogen-bond acceptors (Lipinski definition) is 3. The fourth-order valence-electron chi connectivity index (χ4n) is 6.11. The highest BCUT2D eigenvalue weighted by Gasteiger charge is 2.44. The first-order valence-electron chi connectivity index (χ1n) is 16.4. The van der Waals surface area contributed by atoms with Gasteiger partial charge in [-0.15, -0.1) is 0 Å². The molecule has 2 rings (SSSR count). The van der Waals surface area contributed by atoms with Crippen LogP contribution in [-0.4, -0.2) is 51.0 Å². The molecule has 2 unspecified atom stereocenters. The summed E-state index contributed by atoms with van der Waals surface area (Å²) in [6.07, 6.45) is 26.9. The van der Waals surface area contributed by atoms with E-state index in [1.54, 1.807) is 19.3 Å². The summed E-state index contributed by atoms with van der Waals surface area (Å²) in [7, 11) is 4.31. The standard InChI is InChI=1S/C33H65NO2/c1-6-9-11-12-13-18-22-35-26-32(34(4)5)27-36-33(8-3)21-17-14-16-20-29-24-31(29)25-30-23-28(30)19-15-10-7-2/h28-33H,6-27H2,1-5H3/t28-,29+,30-,31+,32?,33?/m1/s1. The van der Waals surface area contributed by atoms with Gasteiger partial charge in [0.2, 0.25) is 0 Å². The zero-order valence-electron chi connectivity index (χ0n) is 25.3. The monoisotopic (exact) mass is 508 g/mol. The van der Waals surface area contributed by atoms with E-state index in [9.17, 15) is 0 Å². The van der Waals surface area contributed by atoms with Gasteiger partial charge in [0.15, 0.2) is 0 Å². The molecule has 2 aliphatic rings. The number of rotatable bonds is 26. The average Bonchev–Trinajstić information content (AvgIpc) is 3.79. The summed E-state index contributed by atoms with van der Waals surface area (Å²) in [5, 5.41) is 0. The zero-order chi connectivity index (χ0) is 26.0. The highest BCUT2D eigenvalue weighted by molar-refractivity contribution is 4.94. The van der Waals surface area contributed by atoms with E-state index >= 15 is 0 Å². The molecule has 0 N–H and O–H groups in total. The van der Waals surface area contributed by atoms with Crippen molar-refractivity contribution >= 4 is 0 Å². The van der Waals surface area contributed by atoms with E-state index in [-0.39, 0.29) is 0 Å². The van der Waals surface area contributed by atoms with Crippen molar-refractivity contribution in [3.63, 3.8) is 0 Å². The molecule has 0 saturated heterocycles. The van der Waals surface area contributed by atoms with Gasteiger partial charge in [-0.25, -0.2) is 0 Å². The largest absolute Gasteiger partial charge is 0.380 e. The molecule has 6 atom stereocenters. The van der Waals surface area contributed by atoms with Gasteiger partial charge in [-0.2, -0.15) is 0 Å². The molecule has 0 radical (unpaired) electrons. The molecule has 0 bridgehead atoms. The van der Waals surface area contributed by atoms with Crippen LogP contribution in [0.2, 0.25) is 0 Å². The number of ether oxygens (including phenoxy) is 2. The summed E-state index contributed by atoms with van der Waals surface area (Å²) in [6.45, 7) is 9.37. The summed E-state index contributed by atoms with van der Waals surface area (Å²) in [4.78, 5) is 2.27. The van der Waals surface area contributed by atoms with Crippen molar-refractivity contribution < 1.29 is 9.47 Å². The Morgan fingerprint density at radius 1 is 0.667 bits per heavy atom. The molecule has 0 aromatic carbocycles. The molecule has 36 heavy (non-hydrogen) atoms. The van der Waals surface area contributed by atoms with Crippen molar-refractivity contribution in [2.75, 3.05) is 33.9 Å². The van der Waals surface area contributed by atoms with Crippen LogP contribution in [0.15, 0.2) is 0 Å². The molecule has 214 valence electrons. The van der Waals surface area contributed by atoms with Crippen LogP contribution in [0.4, 0.5) is 0 Å². The van der Waals surface area contributed by atoms with E-state index in [2.05, 4.69) is 39.8 Å². The van der Waals surface area contributed by atoms with Crippen LogP contribution in [0.5, 0.6) is 0 Å². The molecule has 0 aromatic heterocycles. The van der Waals surface area contributed by atoms with E-state index in [0.717, 1.165) is 49.9 Å². The topological polar surface area (TPSA) is 21.7 Å². The minimum atomic E-state index is 0.364. The highest BCUT2D eigenvalue weighted by atomic mass is 16.5. The summed E-state index contributed by atoms with van der Waals surface area (Å²) < 4.78 is 12.4. The number of nitrogens with zero attached hydrogens (tertiary/aromatic N) is 1. The van der Waals surface area contributed by atoms with Gasteiger partial charge < -0.3 is 14.4 Å². The van der Waals surface area contributed by atoms with Crippen molar-refractivity contribution in [2.45, 2.75) is 155 Å². The average molecular weight is 508 g/mol. The van der Waals surface area contributed by atoms with Crippen molar-refractivity contribution in [3.05, 3.63) is 0 Å². The maximum atomic E-state index is 6.37. The van der Waals surface area contributed by atoms with Crippen LogP contribution in [0, 0.1) is 23.7 Å². The SMILES string of the molecule is CCCCCCCCOCC(COC(CC)CCCCC[C@H]1C[C@H]1C[C@H]1C[C@H]1CCCCC)N(C)C. The second-order valence-electron chi connectivity index (χ2n) is 12.7. The van der Waals surface area contributed by atoms with Gasteiger partial charge in [-0.1, -0.05) is 104 Å². The van der Waals surface area contributed by atoms with E-state index < -0.39 is 0 Å². The van der Waals surface area contributed by atoms with Crippen LogP contribution < -0.4 is 0 Å². The first kappa shape index (κ1) is 32.1. The fourth-order valence-corrected chi connectivity index (χ4v) is 6.11. The second-order valence-corrected chi connectivity index (χ2v) is 12.7. The Bertz CT molecular complexity index is 510. The van der Waals surface area contributed by atoms with Crippen LogP contribution >= 0.6 is 0 Å². The Hall–Kier alpha value is -0.120. The first-order valence-corrected chi connectivity index (χ1v) is 16.4. The molecule has 2 saturated carbocycles. The molecule has 0 aromatic rings. The Kier molecular flexibility index (Phi) is 17.7. The summed E-state index contributed by atoms with van der Waals surface area (Å²) in [6, 6.07) is 0.364. The van der Waals surface area contributed by atoms with E-state index in [1.807, 2.05) is 0 Å². The zero-order valence-corrected chi connectivity index (χ0v) is 25.3. The smallest absolute Gasteiger partial charge is 0.0647 e. The van der Waals surface area contributed by atoms with Crippen LogP contribution in [-0.2, 0) is 9.47 Å². The number of unbranched alkanes of at least 4 members (excludes halogenated alkanes) is 9. The van der Waals surface area contributed by atoms with E-state index in [4.69, 9.17) is 9.47 Å². The lowest BCUT2D eigenvalue weighted by Gasteiger charge is -2.26. The predicted molar refractivity (Wildman–Crippen MR) is 157 cm³/mol. The Labute approximate surface area is 226 Å². The maximum absolute atomic E-state index is 6.37. The van der Waals surface area contributed by atoms with E-state index in [1.165, 1.54) is 96.3 Å². The Morgan fingerprint density at radius 3 is 1.89 bits per heavy atom. The lowest BCUT2D eigenvalue weighted by molar-refractivity contribution is -0.0169. The summed E-state index contributed by atoms with van der Waals surface area (Å²) in [5.74, 6) is 4.41. The highest BCUT2D eigenvalue weighted by Crippen LogP contribution is 2.54. The molecule has 0 heterocycles. The molecular formula is C33H65NO2. The van der Waals surface area contributed by atoms with Crippen LogP contribution in [0.25, 0.3) is 0 Å². The van der Waals surface area contributed by atoms with Crippen molar-refractivity contribution in [1.29, 1.82) is 0 Å². The molecule has 0 spiro atoms. The number of hydrogen-bond donors (Lipinski definition) is 0. The third-order valence-corrected chi connectivity index (χ3v) is 9.19. The molecule has 2 aliphatic carbocycles. The fraction of sp³-hybridized carbons (Fsp3) is 1.00. The lowest BCUT2D eigenvalue weighted by atomic mass is 10.0. The minimum absolute atomic E-state index is 0.364. The molecule has 0 amide bonds. The summed E-state index contributed by atoms with van der Waals surface area (Å²) in [5.41, 5.74) is 0. The van der Waals surface area contributed by atoms with Gasteiger partial charge in [0.25, 0.3) is 0 Å². The first-order chi connectivity index (χ1) is 17.6. The normalized spacial score (nSPS) is 24.8. The maximum Gasteiger partial charge on any atom is 0.0647 e. The van der Waals surface area contributed by atoms with Crippen molar-refractivity contribution in [2.24, 2.45) is 23.7 Å². The minimum Gasteiger partial charge on any atom is -0.380 e. The third kappa shape index (κ3) is 14.7. The third-order valence-electron chi connectivity index (χ3n) is 9.19. The second kappa shape index (κ2) is 19.9.